The predicted molar refractivity (Wildman–Crippen MR) is 130 cm³/mol. The van der Waals surface area contributed by atoms with Crippen LogP contribution in [0.5, 0.6) is 5.88 Å². The van der Waals surface area contributed by atoms with E-state index in [0.29, 0.717) is 17.7 Å². The third-order valence-electron chi connectivity index (χ3n) is 7.50. The maximum Gasteiger partial charge on any atom is 0.238 e. The Bertz CT molecular complexity index is 1210. The zero-order valence-corrected chi connectivity index (χ0v) is 20.3. The molecule has 4 aliphatic rings. The molecule has 0 spiro atoms. The fourth-order valence-corrected chi connectivity index (χ4v) is 5.67. The van der Waals surface area contributed by atoms with Crippen molar-refractivity contribution in [3.05, 3.63) is 59.5 Å². The quantitative estimate of drug-likeness (QED) is 0.749. The number of hydrazine groups is 1. The van der Waals surface area contributed by atoms with Crippen molar-refractivity contribution in [3.63, 3.8) is 0 Å². The van der Waals surface area contributed by atoms with Crippen LogP contribution in [-0.2, 0) is 4.74 Å². The Balaban J connectivity index is 1.28. The van der Waals surface area contributed by atoms with E-state index in [1.807, 2.05) is 29.8 Å². The molecule has 2 fully saturated rings. The molecule has 6 rings (SSSR count). The molecule has 1 N–H and O–H groups in total. The van der Waals surface area contributed by atoms with Crippen molar-refractivity contribution >= 4 is 5.84 Å². The monoisotopic (exact) mass is 460 g/mol. The zero-order chi connectivity index (χ0) is 23.4. The van der Waals surface area contributed by atoms with E-state index in [2.05, 4.69) is 41.4 Å². The van der Waals surface area contributed by atoms with E-state index in [1.54, 1.807) is 13.4 Å². The fraction of sp³-hybridized carbons (Fsp3) is 0.500. The van der Waals surface area contributed by atoms with Gasteiger partial charge in [-0.3, -0.25) is 5.43 Å². The minimum absolute atomic E-state index is 0.0806. The molecule has 0 amide bonds. The minimum atomic E-state index is 0.0806. The number of imidazole rings is 1. The van der Waals surface area contributed by atoms with Crippen molar-refractivity contribution in [2.24, 2.45) is 22.2 Å². The van der Waals surface area contributed by atoms with E-state index < -0.39 is 0 Å². The number of hydrogen-bond acceptors (Lipinski definition) is 7. The fourth-order valence-electron chi connectivity index (χ4n) is 5.67. The van der Waals surface area contributed by atoms with Gasteiger partial charge in [-0.1, -0.05) is 19.9 Å². The van der Waals surface area contributed by atoms with Crippen LogP contribution < -0.4 is 10.2 Å². The lowest BCUT2D eigenvalue weighted by molar-refractivity contribution is 0.0693. The largest absolute Gasteiger partial charge is 0.493 e. The highest BCUT2D eigenvalue weighted by molar-refractivity contribution is 5.98. The number of amidine groups is 1. The average molecular weight is 461 g/mol. The molecule has 2 saturated heterocycles. The summed E-state index contributed by atoms with van der Waals surface area (Å²) in [6, 6.07) is 4.02. The van der Waals surface area contributed by atoms with E-state index in [-0.39, 0.29) is 11.6 Å². The number of nitrogens with zero attached hydrogens (tertiary/aromatic N) is 5. The summed E-state index contributed by atoms with van der Waals surface area (Å²) in [7, 11) is 1.65. The topological polar surface area (TPSA) is 76.8 Å². The highest BCUT2D eigenvalue weighted by Gasteiger charge is 2.43. The number of nitrogens with one attached hydrogen (secondary N) is 1. The Hall–Kier alpha value is -3.13. The SMILES string of the molecule is COc1nc(C2=NC3C(C4C=C5C(=CC4)OCC5(C)C)CCCN3N2)ccc1-n1cnc(C)c1. The Morgan fingerprint density at radius 1 is 1.26 bits per heavy atom. The molecule has 3 atom stereocenters. The predicted octanol–water partition coefficient (Wildman–Crippen LogP) is 3.77. The molecule has 0 saturated carbocycles. The number of ether oxygens (including phenoxy) is 2. The van der Waals surface area contributed by atoms with Crippen LogP contribution in [0.25, 0.3) is 5.69 Å². The van der Waals surface area contributed by atoms with Crippen molar-refractivity contribution in [2.75, 3.05) is 20.3 Å². The Morgan fingerprint density at radius 2 is 2.15 bits per heavy atom. The first kappa shape index (κ1) is 21.4. The van der Waals surface area contributed by atoms with Crippen LogP contribution in [0.2, 0.25) is 0 Å². The van der Waals surface area contributed by atoms with Gasteiger partial charge in [0.05, 0.1) is 25.7 Å². The first-order chi connectivity index (χ1) is 16.4. The summed E-state index contributed by atoms with van der Waals surface area (Å²) in [5.41, 5.74) is 7.59. The summed E-state index contributed by atoms with van der Waals surface area (Å²) >= 11 is 0. The number of rotatable bonds is 4. The molecule has 3 unspecified atom stereocenters. The number of fused-ring (bicyclic) bond motifs is 2. The molecule has 5 heterocycles. The molecular weight excluding hydrogens is 428 g/mol. The molecule has 0 radical (unpaired) electrons. The first-order valence-electron chi connectivity index (χ1n) is 12.2. The van der Waals surface area contributed by atoms with Gasteiger partial charge in [-0.25, -0.2) is 15.0 Å². The van der Waals surface area contributed by atoms with Crippen molar-refractivity contribution in [3.8, 4) is 11.6 Å². The summed E-state index contributed by atoms with van der Waals surface area (Å²) < 4.78 is 13.5. The third kappa shape index (κ3) is 3.52. The van der Waals surface area contributed by atoms with Gasteiger partial charge in [-0.05, 0) is 55.9 Å². The second-order valence-electron chi connectivity index (χ2n) is 10.4. The number of aryl methyl sites for hydroxylation is 1. The second-order valence-corrected chi connectivity index (χ2v) is 10.4. The van der Waals surface area contributed by atoms with Gasteiger partial charge in [0, 0.05) is 24.1 Å². The molecule has 178 valence electrons. The van der Waals surface area contributed by atoms with Crippen LogP contribution in [0.4, 0.5) is 0 Å². The average Bonchev–Trinajstić information content (AvgIpc) is 3.55. The molecule has 2 aromatic heterocycles. The van der Waals surface area contributed by atoms with Gasteiger partial charge in [0.25, 0.3) is 0 Å². The minimum Gasteiger partial charge on any atom is -0.493 e. The lowest BCUT2D eigenvalue weighted by atomic mass is 9.74. The van der Waals surface area contributed by atoms with Crippen molar-refractivity contribution in [1.29, 1.82) is 0 Å². The molecule has 1 aliphatic carbocycles. The van der Waals surface area contributed by atoms with Gasteiger partial charge in [-0.15, -0.1) is 0 Å². The van der Waals surface area contributed by atoms with Crippen LogP contribution >= 0.6 is 0 Å². The summed E-state index contributed by atoms with van der Waals surface area (Å²) in [4.78, 5) is 14.3. The van der Waals surface area contributed by atoms with Crippen LogP contribution in [-0.4, -0.2) is 51.8 Å². The molecule has 34 heavy (non-hydrogen) atoms. The molecule has 8 nitrogen and oxygen atoms in total. The Labute approximate surface area is 200 Å². The highest BCUT2D eigenvalue weighted by Crippen LogP contribution is 2.46. The van der Waals surface area contributed by atoms with E-state index in [0.717, 1.165) is 54.7 Å². The van der Waals surface area contributed by atoms with Gasteiger partial charge < -0.3 is 14.0 Å². The number of allylic oxidation sites excluding steroid dienone is 3. The van der Waals surface area contributed by atoms with Crippen molar-refractivity contribution in [2.45, 2.75) is 46.2 Å². The third-order valence-corrected chi connectivity index (χ3v) is 7.50. The van der Waals surface area contributed by atoms with Gasteiger partial charge in [0.2, 0.25) is 5.88 Å². The summed E-state index contributed by atoms with van der Waals surface area (Å²) in [6.07, 6.45) is 12.0. The van der Waals surface area contributed by atoms with Crippen molar-refractivity contribution < 1.29 is 9.47 Å². The second kappa shape index (κ2) is 7.98. The van der Waals surface area contributed by atoms with E-state index in [9.17, 15) is 0 Å². The van der Waals surface area contributed by atoms with Crippen LogP contribution in [0, 0.1) is 24.2 Å². The summed E-state index contributed by atoms with van der Waals surface area (Å²) in [6.45, 7) is 8.27. The first-order valence-corrected chi connectivity index (χ1v) is 12.2. The number of pyridine rings is 1. The van der Waals surface area contributed by atoms with Crippen LogP contribution in [0.15, 0.2) is 53.1 Å². The number of aromatic nitrogens is 3. The van der Waals surface area contributed by atoms with Gasteiger partial charge in [0.15, 0.2) is 5.84 Å². The number of methoxy groups -OCH3 is 1. The molecule has 8 heteroatoms. The van der Waals surface area contributed by atoms with E-state index in [4.69, 9.17) is 19.5 Å². The van der Waals surface area contributed by atoms with Gasteiger partial charge in [-0.2, -0.15) is 5.01 Å². The normalized spacial score (nSPS) is 27.6. The molecular formula is C26H32N6O2. The standard InChI is InChI=1S/C26H32N6O2/c1-16-13-31(15-27-16)21-9-8-20(28-25(21)33-4)23-29-24-18(6-5-11-32(24)30-23)17-7-10-22-19(12-17)26(2,3)14-34-22/h8-10,12-13,15,17-18,24H,5-7,11,14H2,1-4H3,(H,29,30). The summed E-state index contributed by atoms with van der Waals surface area (Å²) in [5, 5.41) is 2.29. The van der Waals surface area contributed by atoms with Crippen LogP contribution in [0.3, 0.4) is 0 Å². The molecule has 2 aromatic rings. The van der Waals surface area contributed by atoms with Crippen molar-refractivity contribution in [1.82, 2.24) is 25.0 Å². The smallest absolute Gasteiger partial charge is 0.238 e. The Kier molecular flexibility index (Phi) is 5.02. The number of piperidine rings is 1. The van der Waals surface area contributed by atoms with Gasteiger partial charge >= 0.3 is 0 Å². The van der Waals surface area contributed by atoms with Crippen LogP contribution in [0.1, 0.15) is 44.5 Å². The maximum absolute atomic E-state index is 5.95. The van der Waals surface area contributed by atoms with E-state index in [1.165, 1.54) is 12.0 Å². The van der Waals surface area contributed by atoms with E-state index >= 15 is 0 Å². The maximum atomic E-state index is 5.95. The molecule has 3 aliphatic heterocycles. The number of aliphatic imine (C=N–C) groups is 1. The molecule has 0 bridgehead atoms. The lowest BCUT2D eigenvalue weighted by Gasteiger charge is -2.39. The zero-order valence-electron chi connectivity index (χ0n) is 20.3. The number of hydrogen-bond donors (Lipinski definition) is 1. The summed E-state index contributed by atoms with van der Waals surface area (Å²) in [5.74, 6) is 3.38. The Morgan fingerprint density at radius 3 is 2.94 bits per heavy atom. The van der Waals surface area contributed by atoms with Gasteiger partial charge in [0.1, 0.15) is 23.3 Å². The highest BCUT2D eigenvalue weighted by atomic mass is 16.5. The lowest BCUT2D eigenvalue weighted by Crippen LogP contribution is -2.49. The molecule has 0 aromatic carbocycles.